The molecule has 0 saturated carbocycles. The minimum atomic E-state index is -1.43. The zero-order valence-corrected chi connectivity index (χ0v) is 24.9. The van der Waals surface area contributed by atoms with Gasteiger partial charge >= 0.3 is 0 Å². The average Bonchev–Trinajstić information content (AvgIpc) is 3.79. The maximum atomic E-state index is 5.92. The molecule has 2 saturated heterocycles. The monoisotopic (exact) mass is 526 g/mol. The number of hydrogen-bond donors (Lipinski definition) is 0. The number of benzene rings is 2. The van der Waals surface area contributed by atoms with E-state index in [1.807, 2.05) is 0 Å². The molecule has 2 aliphatic heterocycles. The van der Waals surface area contributed by atoms with Gasteiger partial charge in [-0.15, -0.1) is 0 Å². The Bertz CT molecular complexity index is 876. The van der Waals surface area contributed by atoms with E-state index in [0.717, 1.165) is 24.7 Å². The van der Waals surface area contributed by atoms with Crippen molar-refractivity contribution in [2.75, 3.05) is 26.4 Å². The van der Waals surface area contributed by atoms with E-state index >= 15 is 0 Å². The van der Waals surface area contributed by atoms with Crippen LogP contribution in [0.5, 0.6) is 11.5 Å². The van der Waals surface area contributed by atoms with Gasteiger partial charge in [0.2, 0.25) is 0 Å². The zero-order valence-electron chi connectivity index (χ0n) is 22.9. The van der Waals surface area contributed by atoms with E-state index in [1.54, 1.807) is 0 Å². The van der Waals surface area contributed by atoms with Crippen LogP contribution in [0.1, 0.15) is 38.5 Å². The number of ether oxygens (including phenoxy) is 4. The van der Waals surface area contributed by atoms with Crippen molar-refractivity contribution in [1.29, 1.82) is 0 Å². The summed E-state index contributed by atoms with van der Waals surface area (Å²) in [7, 11) is -2.85. The number of unbranched alkanes of at least 4 members (excludes halogenated alkanes) is 5. The SMILES string of the molecule is C[Si](C)(CCCCCCCC[Si](C)(C)c1cccc(OCC2CO2)c1)c1cccc(OCC2CO2)c1. The van der Waals surface area contributed by atoms with Crippen LogP contribution in [0.25, 0.3) is 0 Å². The van der Waals surface area contributed by atoms with Crippen molar-refractivity contribution in [1.82, 2.24) is 0 Å². The lowest BCUT2D eigenvalue weighted by Crippen LogP contribution is -2.41. The molecule has 6 heteroatoms. The fourth-order valence-corrected chi connectivity index (χ4v) is 9.86. The molecule has 198 valence electrons. The van der Waals surface area contributed by atoms with Crippen LogP contribution in [0.4, 0.5) is 0 Å². The fourth-order valence-electron chi connectivity index (χ4n) is 4.85. The van der Waals surface area contributed by atoms with Gasteiger partial charge in [0.25, 0.3) is 0 Å². The highest BCUT2D eigenvalue weighted by Gasteiger charge is 2.26. The van der Waals surface area contributed by atoms with Gasteiger partial charge in [-0.3, -0.25) is 0 Å². The van der Waals surface area contributed by atoms with Crippen molar-refractivity contribution in [2.24, 2.45) is 0 Å². The van der Waals surface area contributed by atoms with Crippen molar-refractivity contribution < 1.29 is 18.9 Å². The first-order valence-corrected chi connectivity index (χ1v) is 20.4. The Morgan fingerprint density at radius 3 is 1.42 bits per heavy atom. The molecule has 2 unspecified atom stereocenters. The second-order valence-corrected chi connectivity index (χ2v) is 21.7. The van der Waals surface area contributed by atoms with E-state index in [1.165, 1.54) is 61.0 Å². The highest BCUT2D eigenvalue weighted by Crippen LogP contribution is 2.22. The van der Waals surface area contributed by atoms with Crippen molar-refractivity contribution in [2.45, 2.75) is 89.0 Å². The molecule has 0 aromatic heterocycles. The second kappa shape index (κ2) is 12.8. The molecule has 2 aliphatic rings. The molecule has 2 heterocycles. The van der Waals surface area contributed by atoms with Gasteiger partial charge in [0.05, 0.1) is 29.4 Å². The van der Waals surface area contributed by atoms with Crippen LogP contribution in [0.3, 0.4) is 0 Å². The van der Waals surface area contributed by atoms with Crippen molar-refractivity contribution in [3.8, 4) is 11.5 Å². The average molecular weight is 527 g/mol. The number of hydrogen-bond acceptors (Lipinski definition) is 4. The van der Waals surface area contributed by atoms with Gasteiger partial charge in [-0.1, -0.05) is 111 Å². The van der Waals surface area contributed by atoms with Crippen molar-refractivity contribution in [3.63, 3.8) is 0 Å². The molecule has 0 N–H and O–H groups in total. The Morgan fingerprint density at radius 1 is 0.639 bits per heavy atom. The van der Waals surface area contributed by atoms with Crippen LogP contribution in [0.15, 0.2) is 48.5 Å². The quantitative estimate of drug-likeness (QED) is 0.142. The third-order valence-electron chi connectivity index (χ3n) is 7.76. The molecule has 2 aromatic carbocycles. The van der Waals surface area contributed by atoms with E-state index < -0.39 is 16.1 Å². The molecular weight excluding hydrogens is 480 g/mol. The van der Waals surface area contributed by atoms with Crippen molar-refractivity contribution in [3.05, 3.63) is 48.5 Å². The van der Waals surface area contributed by atoms with Gasteiger partial charge in [0.1, 0.15) is 36.9 Å². The largest absolute Gasteiger partial charge is 0.491 e. The normalized spacial score (nSPS) is 19.2. The molecule has 0 aliphatic carbocycles. The lowest BCUT2D eigenvalue weighted by atomic mass is 10.1. The molecule has 0 amide bonds. The third kappa shape index (κ3) is 9.05. The fraction of sp³-hybridized carbons (Fsp3) is 0.600. The molecule has 2 atom stereocenters. The first-order valence-electron chi connectivity index (χ1n) is 14.0. The van der Waals surface area contributed by atoms with Crippen LogP contribution < -0.4 is 19.8 Å². The number of rotatable bonds is 17. The smallest absolute Gasteiger partial charge is 0.119 e. The van der Waals surface area contributed by atoms with Crippen LogP contribution in [-0.2, 0) is 9.47 Å². The molecule has 4 nitrogen and oxygen atoms in total. The van der Waals surface area contributed by atoms with Crippen LogP contribution in [0.2, 0.25) is 38.3 Å². The lowest BCUT2D eigenvalue weighted by molar-refractivity contribution is 0.263. The molecule has 0 radical (unpaired) electrons. The summed E-state index contributed by atoms with van der Waals surface area (Å²) in [5.41, 5.74) is 0. The summed E-state index contributed by atoms with van der Waals surface area (Å²) < 4.78 is 22.4. The Hall–Kier alpha value is -1.61. The van der Waals surface area contributed by atoms with Gasteiger partial charge in [-0.2, -0.15) is 0 Å². The maximum absolute atomic E-state index is 5.92. The Morgan fingerprint density at radius 2 is 1.03 bits per heavy atom. The molecular formula is C30H46O4Si2. The standard InChI is InChI=1S/C30H46O4Si2/c1-35(2,29-15-11-13-25(19-29)31-21-27-23-33-27)17-9-7-5-6-8-10-18-36(3,4)30-16-12-14-26(20-30)32-22-28-24-34-28/h11-16,19-20,27-28H,5-10,17-18,21-24H2,1-4H3. The molecule has 36 heavy (non-hydrogen) atoms. The second-order valence-electron chi connectivity index (χ2n) is 12.0. The van der Waals surface area contributed by atoms with E-state index in [9.17, 15) is 0 Å². The number of epoxide rings is 2. The summed E-state index contributed by atoms with van der Waals surface area (Å²) in [5, 5.41) is 3.03. The zero-order chi connectivity index (χ0) is 25.4. The molecule has 4 rings (SSSR count). The summed E-state index contributed by atoms with van der Waals surface area (Å²) in [6, 6.07) is 20.4. The predicted octanol–water partition coefficient (Wildman–Crippen LogP) is 6.11. The highest BCUT2D eigenvalue weighted by atomic mass is 28.3. The summed E-state index contributed by atoms with van der Waals surface area (Å²) in [4.78, 5) is 0. The molecule has 2 aromatic rings. The van der Waals surface area contributed by atoms with E-state index in [2.05, 4.69) is 74.7 Å². The Kier molecular flexibility index (Phi) is 9.73. The Balaban J connectivity index is 1.10. The summed E-state index contributed by atoms with van der Waals surface area (Å²) in [5.74, 6) is 2.00. The first kappa shape index (κ1) is 27.4. The molecule has 0 bridgehead atoms. The molecule has 2 fully saturated rings. The minimum Gasteiger partial charge on any atom is -0.491 e. The van der Waals surface area contributed by atoms with Gasteiger partial charge < -0.3 is 18.9 Å². The van der Waals surface area contributed by atoms with E-state index in [4.69, 9.17) is 18.9 Å². The van der Waals surface area contributed by atoms with Gasteiger partial charge in [0, 0.05) is 0 Å². The van der Waals surface area contributed by atoms with E-state index in [-0.39, 0.29) is 0 Å². The van der Waals surface area contributed by atoms with Gasteiger partial charge in [-0.05, 0) is 24.3 Å². The Labute approximate surface area is 220 Å². The van der Waals surface area contributed by atoms with Crippen molar-refractivity contribution >= 4 is 26.5 Å². The van der Waals surface area contributed by atoms with Crippen LogP contribution in [0, 0.1) is 0 Å². The predicted molar refractivity (Wildman–Crippen MR) is 155 cm³/mol. The van der Waals surface area contributed by atoms with Gasteiger partial charge in [-0.25, -0.2) is 0 Å². The minimum absolute atomic E-state index is 0.311. The maximum Gasteiger partial charge on any atom is 0.119 e. The molecule has 0 spiro atoms. The van der Waals surface area contributed by atoms with Gasteiger partial charge in [0.15, 0.2) is 0 Å². The summed E-state index contributed by atoms with van der Waals surface area (Å²) >= 11 is 0. The lowest BCUT2D eigenvalue weighted by Gasteiger charge is -2.24. The highest BCUT2D eigenvalue weighted by molar-refractivity contribution is 6.90. The van der Waals surface area contributed by atoms with E-state index in [0.29, 0.717) is 25.4 Å². The van der Waals surface area contributed by atoms with Crippen LogP contribution >= 0.6 is 0 Å². The summed E-state index contributed by atoms with van der Waals surface area (Å²) in [6.45, 7) is 13.1. The topological polar surface area (TPSA) is 43.5 Å². The first-order chi connectivity index (χ1) is 17.3. The van der Waals surface area contributed by atoms with Crippen LogP contribution in [-0.4, -0.2) is 54.8 Å². The summed E-state index contributed by atoms with van der Waals surface area (Å²) in [6.07, 6.45) is 8.76. The third-order valence-corrected chi connectivity index (χ3v) is 14.7.